The first-order chi connectivity index (χ1) is 14.5. The number of rotatable bonds is 4. The maximum absolute atomic E-state index is 13.0. The van der Waals surface area contributed by atoms with Crippen LogP contribution in [0.15, 0.2) is 82.6 Å². The summed E-state index contributed by atoms with van der Waals surface area (Å²) >= 11 is 1.60. The standard InChI is InChI=1S/C23H18N2O4S/c1-15(26)24-17-12-10-16(11-13-17)23(28)29-14-22(27)25-18-6-2-4-8-20(18)30-21-9-5-3-7-19(21)25/h2-13H,14H2,1H3,(H,24,26). The van der Waals surface area contributed by atoms with E-state index in [4.69, 9.17) is 4.74 Å². The van der Waals surface area contributed by atoms with Crippen LogP contribution in [0.4, 0.5) is 17.1 Å². The number of hydrogen-bond acceptors (Lipinski definition) is 5. The summed E-state index contributed by atoms with van der Waals surface area (Å²) in [4.78, 5) is 40.0. The van der Waals surface area contributed by atoms with Crippen LogP contribution in [0.3, 0.4) is 0 Å². The molecule has 0 saturated heterocycles. The Labute approximate surface area is 177 Å². The van der Waals surface area contributed by atoms with E-state index >= 15 is 0 Å². The van der Waals surface area contributed by atoms with E-state index in [-0.39, 0.29) is 18.4 Å². The lowest BCUT2D eigenvalue weighted by atomic mass is 10.2. The third-order valence-electron chi connectivity index (χ3n) is 4.45. The van der Waals surface area contributed by atoms with E-state index in [0.717, 1.165) is 21.2 Å². The fourth-order valence-corrected chi connectivity index (χ4v) is 4.20. The topological polar surface area (TPSA) is 75.7 Å². The summed E-state index contributed by atoms with van der Waals surface area (Å²) in [5.74, 6) is -1.14. The molecule has 0 fully saturated rings. The molecule has 30 heavy (non-hydrogen) atoms. The van der Waals surface area contributed by atoms with Gasteiger partial charge >= 0.3 is 5.97 Å². The van der Waals surface area contributed by atoms with Gasteiger partial charge in [0.05, 0.1) is 16.9 Å². The molecule has 1 aliphatic rings. The highest BCUT2D eigenvalue weighted by Crippen LogP contribution is 2.47. The second-order valence-corrected chi connectivity index (χ2v) is 7.69. The number of fused-ring (bicyclic) bond motifs is 2. The lowest BCUT2D eigenvalue weighted by Crippen LogP contribution is -2.32. The Kier molecular flexibility index (Phi) is 5.54. The van der Waals surface area contributed by atoms with Gasteiger partial charge in [-0.25, -0.2) is 4.79 Å². The first-order valence-corrected chi connectivity index (χ1v) is 10.1. The first-order valence-electron chi connectivity index (χ1n) is 9.26. The fraction of sp³-hybridized carbons (Fsp3) is 0.0870. The minimum absolute atomic E-state index is 0.198. The van der Waals surface area contributed by atoms with Gasteiger partial charge in [0.25, 0.3) is 5.91 Å². The summed E-state index contributed by atoms with van der Waals surface area (Å²) in [5, 5.41) is 2.63. The van der Waals surface area contributed by atoms with Gasteiger partial charge in [0, 0.05) is 22.4 Å². The van der Waals surface area contributed by atoms with Gasteiger partial charge in [-0.1, -0.05) is 36.0 Å². The molecule has 1 heterocycles. The third kappa shape index (κ3) is 4.06. The van der Waals surface area contributed by atoms with Gasteiger partial charge in [-0.2, -0.15) is 0 Å². The van der Waals surface area contributed by atoms with Crippen LogP contribution in [0.5, 0.6) is 0 Å². The van der Waals surface area contributed by atoms with Gasteiger partial charge in [0.2, 0.25) is 5.91 Å². The predicted molar refractivity (Wildman–Crippen MR) is 115 cm³/mol. The Bertz CT molecular complexity index is 1080. The van der Waals surface area contributed by atoms with Crippen molar-refractivity contribution < 1.29 is 19.1 Å². The van der Waals surface area contributed by atoms with Crippen LogP contribution in [-0.4, -0.2) is 24.4 Å². The van der Waals surface area contributed by atoms with Crippen molar-refractivity contribution in [3.05, 3.63) is 78.4 Å². The van der Waals surface area contributed by atoms with Crippen molar-refractivity contribution in [1.82, 2.24) is 0 Å². The number of para-hydroxylation sites is 2. The molecule has 0 bridgehead atoms. The van der Waals surface area contributed by atoms with E-state index < -0.39 is 5.97 Å². The van der Waals surface area contributed by atoms with E-state index in [9.17, 15) is 14.4 Å². The number of amides is 2. The van der Waals surface area contributed by atoms with Crippen LogP contribution < -0.4 is 10.2 Å². The van der Waals surface area contributed by atoms with Gasteiger partial charge < -0.3 is 10.1 Å². The summed E-state index contributed by atoms with van der Waals surface area (Å²) in [6, 6.07) is 21.5. The molecule has 0 aliphatic carbocycles. The predicted octanol–water partition coefficient (Wildman–Crippen LogP) is 4.63. The van der Waals surface area contributed by atoms with E-state index in [2.05, 4.69) is 5.32 Å². The van der Waals surface area contributed by atoms with Gasteiger partial charge in [0.15, 0.2) is 6.61 Å². The van der Waals surface area contributed by atoms with Crippen LogP contribution in [0.2, 0.25) is 0 Å². The molecule has 3 aromatic carbocycles. The zero-order valence-corrected chi connectivity index (χ0v) is 16.9. The summed E-state index contributed by atoms with van der Waals surface area (Å²) in [7, 11) is 0. The monoisotopic (exact) mass is 418 g/mol. The highest BCUT2D eigenvalue weighted by Gasteiger charge is 2.28. The Balaban J connectivity index is 1.49. The Morgan fingerprint density at radius 1 is 0.867 bits per heavy atom. The number of ether oxygens (including phenoxy) is 1. The second-order valence-electron chi connectivity index (χ2n) is 6.60. The van der Waals surface area contributed by atoms with Crippen molar-refractivity contribution in [2.24, 2.45) is 0 Å². The minimum atomic E-state index is -0.606. The first kappa shape index (κ1) is 19.7. The highest BCUT2D eigenvalue weighted by atomic mass is 32.2. The highest BCUT2D eigenvalue weighted by molar-refractivity contribution is 7.99. The van der Waals surface area contributed by atoms with Gasteiger partial charge in [0.1, 0.15) is 0 Å². The molecule has 0 radical (unpaired) electrons. The molecule has 0 atom stereocenters. The number of carbonyl (C=O) groups excluding carboxylic acids is 3. The molecule has 150 valence electrons. The number of benzene rings is 3. The molecule has 0 unspecified atom stereocenters. The van der Waals surface area contributed by atoms with Crippen molar-refractivity contribution in [2.75, 3.05) is 16.8 Å². The van der Waals surface area contributed by atoms with Crippen LogP contribution in [0.1, 0.15) is 17.3 Å². The Hall–Kier alpha value is -3.58. The largest absolute Gasteiger partial charge is 0.452 e. The number of esters is 1. The van der Waals surface area contributed by atoms with Crippen LogP contribution in [-0.2, 0) is 14.3 Å². The summed E-state index contributed by atoms with van der Waals surface area (Å²) in [6.07, 6.45) is 0. The molecular formula is C23H18N2O4S. The summed E-state index contributed by atoms with van der Waals surface area (Å²) in [6.45, 7) is 1.02. The Morgan fingerprint density at radius 2 is 1.43 bits per heavy atom. The molecule has 4 rings (SSSR count). The quantitative estimate of drug-likeness (QED) is 0.625. The van der Waals surface area contributed by atoms with Crippen molar-refractivity contribution in [1.29, 1.82) is 0 Å². The van der Waals surface area contributed by atoms with Crippen LogP contribution in [0, 0.1) is 0 Å². The van der Waals surface area contributed by atoms with Crippen LogP contribution >= 0.6 is 11.8 Å². The smallest absolute Gasteiger partial charge is 0.338 e. The number of carbonyl (C=O) groups is 3. The number of nitrogens with one attached hydrogen (secondary N) is 1. The fourth-order valence-electron chi connectivity index (χ4n) is 3.14. The van der Waals surface area contributed by atoms with Crippen LogP contribution in [0.25, 0.3) is 0 Å². The number of hydrogen-bond donors (Lipinski definition) is 1. The molecule has 3 aromatic rings. The van der Waals surface area contributed by atoms with E-state index in [1.807, 2.05) is 48.5 Å². The van der Waals surface area contributed by atoms with Gasteiger partial charge in [-0.15, -0.1) is 0 Å². The zero-order valence-electron chi connectivity index (χ0n) is 16.1. The molecule has 1 N–H and O–H groups in total. The second kappa shape index (κ2) is 8.42. The normalized spacial score (nSPS) is 11.8. The molecule has 0 aromatic heterocycles. The maximum Gasteiger partial charge on any atom is 0.338 e. The van der Waals surface area contributed by atoms with Crippen molar-refractivity contribution >= 4 is 46.6 Å². The van der Waals surface area contributed by atoms with E-state index in [1.54, 1.807) is 40.9 Å². The van der Waals surface area contributed by atoms with Crippen molar-refractivity contribution in [3.8, 4) is 0 Å². The van der Waals surface area contributed by atoms with Crippen molar-refractivity contribution in [3.63, 3.8) is 0 Å². The van der Waals surface area contributed by atoms with E-state index in [1.165, 1.54) is 6.92 Å². The molecular weight excluding hydrogens is 400 g/mol. The summed E-state index contributed by atoms with van der Waals surface area (Å²) < 4.78 is 5.27. The van der Waals surface area contributed by atoms with Gasteiger partial charge in [-0.3, -0.25) is 14.5 Å². The number of nitrogens with zero attached hydrogens (tertiary/aromatic N) is 1. The van der Waals surface area contributed by atoms with E-state index in [0.29, 0.717) is 11.3 Å². The molecule has 1 aliphatic heterocycles. The van der Waals surface area contributed by atoms with Crippen molar-refractivity contribution in [2.45, 2.75) is 16.7 Å². The lowest BCUT2D eigenvalue weighted by molar-refractivity contribution is -0.121. The minimum Gasteiger partial charge on any atom is -0.452 e. The average Bonchev–Trinajstić information content (AvgIpc) is 2.75. The molecule has 0 spiro atoms. The molecule has 2 amide bonds. The number of anilines is 3. The third-order valence-corrected chi connectivity index (χ3v) is 5.58. The van der Waals surface area contributed by atoms with Gasteiger partial charge in [-0.05, 0) is 48.5 Å². The lowest BCUT2D eigenvalue weighted by Gasteiger charge is -2.30. The molecule has 0 saturated carbocycles. The zero-order chi connectivity index (χ0) is 21.1. The SMILES string of the molecule is CC(=O)Nc1ccc(C(=O)OCC(=O)N2c3ccccc3Sc3ccccc32)cc1. The molecule has 6 nitrogen and oxygen atoms in total. The average molecular weight is 418 g/mol. The molecule has 7 heteroatoms. The maximum atomic E-state index is 13.0. The summed E-state index contributed by atoms with van der Waals surface area (Å²) in [5.41, 5.74) is 2.41. The Morgan fingerprint density at radius 3 is 2.00 bits per heavy atom.